The normalized spacial score (nSPS) is 19.6. The van der Waals surface area contributed by atoms with Gasteiger partial charge in [0.05, 0.1) is 28.9 Å². The van der Waals surface area contributed by atoms with E-state index < -0.39 is 27.8 Å². The molecule has 0 bridgehead atoms. The average molecular weight is 382 g/mol. The molecule has 25 heavy (non-hydrogen) atoms. The monoisotopic (exact) mass is 382 g/mol. The molecule has 1 fully saturated rings. The van der Waals surface area contributed by atoms with Crippen molar-refractivity contribution in [1.82, 2.24) is 0 Å². The highest BCUT2D eigenvalue weighted by atomic mass is 32.2. The Hall–Kier alpha value is -2.05. The summed E-state index contributed by atoms with van der Waals surface area (Å²) in [5, 5.41) is 11.2. The van der Waals surface area contributed by atoms with Crippen molar-refractivity contribution in [3.8, 4) is 6.07 Å². The van der Waals surface area contributed by atoms with Crippen LogP contribution in [0.4, 0.5) is 5.69 Å². The first kappa shape index (κ1) is 19.3. The molecular weight excluding hydrogens is 364 g/mol. The molecular formula is C16H18N2O5S2. The van der Waals surface area contributed by atoms with Gasteiger partial charge in [0.1, 0.15) is 0 Å². The van der Waals surface area contributed by atoms with Crippen LogP contribution in [0.3, 0.4) is 0 Å². The van der Waals surface area contributed by atoms with Crippen LogP contribution in [0.25, 0.3) is 0 Å². The number of nitrogens with one attached hydrogen (secondary N) is 1. The summed E-state index contributed by atoms with van der Waals surface area (Å²) in [6, 6.07) is 8.28. The van der Waals surface area contributed by atoms with Gasteiger partial charge >= 0.3 is 5.97 Å². The summed E-state index contributed by atoms with van der Waals surface area (Å²) < 4.78 is 27.8. The summed E-state index contributed by atoms with van der Waals surface area (Å²) in [7, 11) is -2.98. The topological polar surface area (TPSA) is 113 Å². The smallest absolute Gasteiger partial charge is 0.316 e. The predicted molar refractivity (Wildman–Crippen MR) is 94.9 cm³/mol. The lowest BCUT2D eigenvalue weighted by Gasteiger charge is -2.14. The van der Waals surface area contributed by atoms with Gasteiger partial charge in [0, 0.05) is 10.9 Å². The minimum atomic E-state index is -2.98. The summed E-state index contributed by atoms with van der Waals surface area (Å²) in [4.78, 5) is 23.8. The first-order valence-electron chi connectivity index (χ1n) is 7.61. The Morgan fingerprint density at radius 3 is 2.64 bits per heavy atom. The van der Waals surface area contributed by atoms with Crippen LogP contribution in [-0.4, -0.2) is 48.9 Å². The molecule has 0 aliphatic carbocycles. The summed E-state index contributed by atoms with van der Waals surface area (Å²) in [6.45, 7) is 1.46. The number of rotatable bonds is 6. The molecule has 2 rings (SSSR count). The van der Waals surface area contributed by atoms with Crippen LogP contribution in [0.1, 0.15) is 18.9 Å². The Morgan fingerprint density at radius 2 is 2.08 bits per heavy atom. The van der Waals surface area contributed by atoms with Crippen LogP contribution in [0.15, 0.2) is 24.3 Å². The Bertz CT molecular complexity index is 784. The molecule has 1 N–H and O–H groups in total. The van der Waals surface area contributed by atoms with E-state index in [1.165, 1.54) is 18.7 Å². The highest BCUT2D eigenvalue weighted by molar-refractivity contribution is 8.02. The molecule has 1 aromatic rings. The lowest BCUT2D eigenvalue weighted by molar-refractivity contribution is -0.150. The molecule has 0 saturated carbocycles. The minimum Gasteiger partial charge on any atom is -0.452 e. The van der Waals surface area contributed by atoms with E-state index in [4.69, 9.17) is 10.00 Å². The molecule has 1 amide bonds. The molecule has 1 aliphatic heterocycles. The zero-order valence-electron chi connectivity index (χ0n) is 13.6. The number of esters is 1. The van der Waals surface area contributed by atoms with E-state index in [1.54, 1.807) is 24.3 Å². The maximum Gasteiger partial charge on any atom is 0.316 e. The van der Waals surface area contributed by atoms with Crippen LogP contribution in [0.2, 0.25) is 0 Å². The summed E-state index contributed by atoms with van der Waals surface area (Å²) >= 11 is 1.24. The fraction of sp³-hybridized carbons (Fsp3) is 0.438. The summed E-state index contributed by atoms with van der Waals surface area (Å²) in [6.07, 6.45) is -0.439. The van der Waals surface area contributed by atoms with E-state index in [9.17, 15) is 18.0 Å². The molecule has 7 nitrogen and oxygen atoms in total. The van der Waals surface area contributed by atoms with Crippen molar-refractivity contribution in [3.63, 3.8) is 0 Å². The van der Waals surface area contributed by atoms with Gasteiger partial charge in [0.25, 0.3) is 5.91 Å². The Balaban J connectivity index is 1.76. The third-order valence-electron chi connectivity index (χ3n) is 3.59. The van der Waals surface area contributed by atoms with Gasteiger partial charge in [-0.2, -0.15) is 5.26 Å². The van der Waals surface area contributed by atoms with Crippen molar-refractivity contribution in [3.05, 3.63) is 29.8 Å². The van der Waals surface area contributed by atoms with Gasteiger partial charge in [-0.05, 0) is 37.6 Å². The van der Waals surface area contributed by atoms with Crippen LogP contribution in [-0.2, 0) is 24.2 Å². The zero-order valence-corrected chi connectivity index (χ0v) is 15.2. The molecule has 1 saturated heterocycles. The second-order valence-corrected chi connectivity index (χ2v) is 9.16. The molecule has 0 aromatic heterocycles. The number of carbonyl (C=O) groups is 2. The van der Waals surface area contributed by atoms with Gasteiger partial charge < -0.3 is 10.1 Å². The van der Waals surface area contributed by atoms with Gasteiger partial charge in [-0.3, -0.25) is 9.59 Å². The van der Waals surface area contributed by atoms with Crippen molar-refractivity contribution in [2.75, 3.05) is 22.6 Å². The maximum atomic E-state index is 12.0. The van der Waals surface area contributed by atoms with Crippen molar-refractivity contribution in [1.29, 1.82) is 5.26 Å². The Kier molecular flexibility index (Phi) is 6.45. The fourth-order valence-electron chi connectivity index (χ4n) is 2.23. The standard InChI is InChI=1S/C16H18N2O5S2/c1-11(16(20)18-13-4-2-12(8-17)3-5-13)23-15(19)9-24-14-6-7-25(21,22)10-14/h2-5,11,14H,6-7,9-10H2,1H3,(H,18,20)/t11-,14-/m1/s1. The highest BCUT2D eigenvalue weighted by Crippen LogP contribution is 2.24. The number of sulfone groups is 1. The number of thioether (sulfide) groups is 1. The van der Waals surface area contributed by atoms with Crippen molar-refractivity contribution >= 4 is 39.2 Å². The van der Waals surface area contributed by atoms with Gasteiger partial charge in [0.2, 0.25) is 0 Å². The number of anilines is 1. The predicted octanol–water partition coefficient (Wildman–Crippen LogP) is 1.35. The van der Waals surface area contributed by atoms with Crippen molar-refractivity contribution < 1.29 is 22.7 Å². The molecule has 2 atom stereocenters. The van der Waals surface area contributed by atoms with Crippen LogP contribution in [0.5, 0.6) is 0 Å². The minimum absolute atomic E-state index is 0.00860. The van der Waals surface area contributed by atoms with E-state index in [0.29, 0.717) is 17.7 Å². The van der Waals surface area contributed by atoms with Crippen LogP contribution in [0, 0.1) is 11.3 Å². The third-order valence-corrected chi connectivity index (χ3v) is 6.84. The Labute approximate surface area is 150 Å². The second-order valence-electron chi connectivity index (χ2n) is 5.65. The first-order chi connectivity index (χ1) is 11.8. The van der Waals surface area contributed by atoms with Gasteiger partial charge in [0.15, 0.2) is 15.9 Å². The fourth-order valence-corrected chi connectivity index (χ4v) is 5.66. The number of amides is 1. The van der Waals surface area contributed by atoms with Gasteiger partial charge in [-0.25, -0.2) is 8.42 Å². The van der Waals surface area contributed by atoms with Gasteiger partial charge in [-0.1, -0.05) is 0 Å². The van der Waals surface area contributed by atoms with E-state index >= 15 is 0 Å². The molecule has 1 heterocycles. The lowest BCUT2D eigenvalue weighted by Crippen LogP contribution is -2.30. The largest absolute Gasteiger partial charge is 0.452 e. The Morgan fingerprint density at radius 1 is 1.40 bits per heavy atom. The third kappa shape index (κ3) is 6.07. The van der Waals surface area contributed by atoms with E-state index in [0.717, 1.165) is 0 Å². The van der Waals surface area contributed by atoms with Crippen molar-refractivity contribution in [2.24, 2.45) is 0 Å². The molecule has 0 unspecified atom stereocenters. The first-order valence-corrected chi connectivity index (χ1v) is 10.5. The van der Waals surface area contributed by atoms with E-state index in [2.05, 4.69) is 5.32 Å². The number of nitriles is 1. The zero-order chi connectivity index (χ0) is 18.4. The average Bonchev–Trinajstić information content (AvgIpc) is 2.92. The molecule has 0 radical (unpaired) electrons. The number of carbonyl (C=O) groups excluding carboxylic acids is 2. The molecule has 0 spiro atoms. The number of hydrogen-bond donors (Lipinski definition) is 1. The second kappa shape index (κ2) is 8.36. The van der Waals surface area contributed by atoms with Crippen molar-refractivity contribution in [2.45, 2.75) is 24.7 Å². The quantitative estimate of drug-likeness (QED) is 0.739. The number of ether oxygens (including phenoxy) is 1. The number of benzene rings is 1. The van der Waals surface area contributed by atoms with E-state index in [1.807, 2.05) is 6.07 Å². The number of nitrogens with zero attached hydrogens (tertiary/aromatic N) is 1. The summed E-state index contributed by atoms with van der Waals surface area (Å²) in [5.74, 6) is -0.791. The molecule has 1 aromatic carbocycles. The van der Waals surface area contributed by atoms with Gasteiger partial charge in [-0.15, -0.1) is 11.8 Å². The molecule has 134 valence electrons. The van der Waals surface area contributed by atoms with E-state index in [-0.39, 0.29) is 22.5 Å². The lowest BCUT2D eigenvalue weighted by atomic mass is 10.2. The van der Waals surface area contributed by atoms with Crippen LogP contribution < -0.4 is 5.32 Å². The summed E-state index contributed by atoms with van der Waals surface area (Å²) in [5.41, 5.74) is 0.973. The molecule has 1 aliphatic rings. The number of hydrogen-bond acceptors (Lipinski definition) is 7. The maximum absolute atomic E-state index is 12.0. The molecule has 9 heteroatoms. The SMILES string of the molecule is C[C@@H](OC(=O)CS[C@@H]1CCS(=O)(=O)C1)C(=O)Nc1ccc(C#N)cc1. The van der Waals surface area contributed by atoms with Crippen LogP contribution >= 0.6 is 11.8 Å². The highest BCUT2D eigenvalue weighted by Gasteiger charge is 2.29.